The van der Waals surface area contributed by atoms with Gasteiger partial charge in [0.15, 0.2) is 5.96 Å². The molecule has 0 heterocycles. The van der Waals surface area contributed by atoms with E-state index in [4.69, 9.17) is 9.47 Å². The van der Waals surface area contributed by atoms with Gasteiger partial charge in [-0.05, 0) is 55.7 Å². The van der Waals surface area contributed by atoms with E-state index in [9.17, 15) is 0 Å². The molecule has 0 amide bonds. The first-order valence-electron chi connectivity index (χ1n) is 9.78. The van der Waals surface area contributed by atoms with E-state index in [0.29, 0.717) is 5.41 Å². The number of aryl methyl sites for hydroxylation is 1. The summed E-state index contributed by atoms with van der Waals surface area (Å²) in [6, 6.07) is 6.29. The van der Waals surface area contributed by atoms with Gasteiger partial charge in [-0.15, -0.1) is 24.0 Å². The van der Waals surface area contributed by atoms with Crippen molar-refractivity contribution in [1.29, 1.82) is 0 Å². The number of hydrogen-bond acceptors (Lipinski definition) is 3. The first-order valence-corrected chi connectivity index (χ1v) is 9.78. The van der Waals surface area contributed by atoms with Crippen molar-refractivity contribution >= 4 is 29.9 Å². The van der Waals surface area contributed by atoms with Crippen molar-refractivity contribution in [2.24, 2.45) is 10.4 Å². The van der Waals surface area contributed by atoms with Crippen LogP contribution in [0.3, 0.4) is 0 Å². The summed E-state index contributed by atoms with van der Waals surface area (Å²) >= 11 is 0. The predicted molar refractivity (Wildman–Crippen MR) is 123 cm³/mol. The van der Waals surface area contributed by atoms with Crippen LogP contribution in [0.4, 0.5) is 0 Å². The molecule has 0 aliphatic heterocycles. The summed E-state index contributed by atoms with van der Waals surface area (Å²) < 4.78 is 11.0. The van der Waals surface area contributed by atoms with E-state index in [-0.39, 0.29) is 24.0 Å². The molecule has 0 bridgehead atoms. The van der Waals surface area contributed by atoms with Crippen LogP contribution >= 0.6 is 24.0 Å². The van der Waals surface area contributed by atoms with Crippen LogP contribution in [-0.2, 0) is 11.3 Å². The van der Waals surface area contributed by atoms with Crippen LogP contribution < -0.4 is 15.4 Å². The predicted octanol–water partition coefficient (Wildman–Crippen LogP) is 4.27. The minimum atomic E-state index is 0. The fraction of sp³-hybridized carbons (Fsp3) is 0.667. The minimum Gasteiger partial charge on any atom is -0.496 e. The van der Waals surface area contributed by atoms with E-state index in [1.165, 1.54) is 31.2 Å². The highest BCUT2D eigenvalue weighted by Crippen LogP contribution is 2.40. The zero-order valence-electron chi connectivity index (χ0n) is 17.3. The first kappa shape index (κ1) is 24.0. The average Bonchev–Trinajstić information content (AvgIpc) is 3.12. The Morgan fingerprint density at radius 3 is 2.59 bits per heavy atom. The third kappa shape index (κ3) is 7.49. The standard InChI is InChI=1S/C21H35N3O2.HI/c1-5-26-13-12-21(10-6-7-11-21)16-24-20(22-3)23-15-18-9-8-17(2)19(14-18)25-4;/h8-9,14H,5-7,10-13,15-16H2,1-4H3,(H2,22,23,24);1H. The van der Waals surface area contributed by atoms with Crippen LogP contribution in [0.25, 0.3) is 0 Å². The molecule has 0 atom stereocenters. The summed E-state index contributed by atoms with van der Waals surface area (Å²) in [5, 5.41) is 6.96. The Morgan fingerprint density at radius 2 is 1.96 bits per heavy atom. The van der Waals surface area contributed by atoms with Crippen LogP contribution in [0, 0.1) is 12.3 Å². The Balaban J connectivity index is 0.00000364. The molecule has 0 spiro atoms. The quantitative estimate of drug-likeness (QED) is 0.236. The highest BCUT2D eigenvalue weighted by Gasteiger charge is 2.33. The fourth-order valence-corrected chi connectivity index (χ4v) is 3.73. The number of nitrogens with zero attached hydrogens (tertiary/aromatic N) is 1. The van der Waals surface area contributed by atoms with Crippen LogP contribution in [0.2, 0.25) is 0 Å². The number of aliphatic imine (C=N–C) groups is 1. The van der Waals surface area contributed by atoms with Crippen molar-refractivity contribution in [2.75, 3.05) is 33.9 Å². The minimum absolute atomic E-state index is 0. The average molecular weight is 489 g/mol. The van der Waals surface area contributed by atoms with E-state index >= 15 is 0 Å². The van der Waals surface area contributed by atoms with Crippen molar-refractivity contribution in [2.45, 2.75) is 52.5 Å². The molecule has 1 aliphatic rings. The topological polar surface area (TPSA) is 54.9 Å². The molecule has 1 aliphatic carbocycles. The Morgan fingerprint density at radius 1 is 1.22 bits per heavy atom. The number of rotatable bonds is 9. The van der Waals surface area contributed by atoms with Gasteiger partial charge >= 0.3 is 0 Å². The van der Waals surface area contributed by atoms with Crippen molar-refractivity contribution in [1.82, 2.24) is 10.6 Å². The summed E-state index contributed by atoms with van der Waals surface area (Å²) in [5.74, 6) is 1.78. The number of guanidine groups is 1. The van der Waals surface area contributed by atoms with Gasteiger partial charge in [0.1, 0.15) is 5.75 Å². The Kier molecular flexibility index (Phi) is 11.1. The zero-order valence-corrected chi connectivity index (χ0v) is 19.6. The van der Waals surface area contributed by atoms with Gasteiger partial charge in [0.05, 0.1) is 7.11 Å². The molecule has 1 saturated carbocycles. The van der Waals surface area contributed by atoms with Gasteiger partial charge in [-0.25, -0.2) is 0 Å². The maximum Gasteiger partial charge on any atom is 0.191 e. The van der Waals surface area contributed by atoms with Gasteiger partial charge in [-0.1, -0.05) is 25.0 Å². The lowest BCUT2D eigenvalue weighted by atomic mass is 9.83. The number of ether oxygens (including phenoxy) is 2. The lowest BCUT2D eigenvalue weighted by molar-refractivity contribution is 0.105. The largest absolute Gasteiger partial charge is 0.496 e. The van der Waals surface area contributed by atoms with E-state index in [2.05, 4.69) is 47.7 Å². The van der Waals surface area contributed by atoms with Gasteiger partial charge in [-0.3, -0.25) is 4.99 Å². The van der Waals surface area contributed by atoms with E-state index < -0.39 is 0 Å². The summed E-state index contributed by atoms with van der Waals surface area (Å²) in [5.41, 5.74) is 2.68. The highest BCUT2D eigenvalue weighted by molar-refractivity contribution is 14.0. The molecule has 27 heavy (non-hydrogen) atoms. The zero-order chi connectivity index (χ0) is 18.8. The van der Waals surface area contributed by atoms with Crippen LogP contribution in [0.15, 0.2) is 23.2 Å². The molecule has 2 rings (SSSR count). The molecule has 5 nitrogen and oxygen atoms in total. The number of hydrogen-bond donors (Lipinski definition) is 2. The van der Waals surface area contributed by atoms with Crippen molar-refractivity contribution in [3.05, 3.63) is 29.3 Å². The number of methoxy groups -OCH3 is 1. The fourth-order valence-electron chi connectivity index (χ4n) is 3.73. The summed E-state index contributed by atoms with van der Waals surface area (Å²) in [6.45, 7) is 7.45. The number of benzene rings is 1. The molecular weight excluding hydrogens is 453 g/mol. The Bertz CT molecular complexity index is 587. The van der Waals surface area contributed by atoms with Crippen LogP contribution in [0.5, 0.6) is 5.75 Å². The number of halogens is 1. The van der Waals surface area contributed by atoms with Gasteiger partial charge in [0.25, 0.3) is 0 Å². The molecule has 154 valence electrons. The molecule has 0 unspecified atom stereocenters. The summed E-state index contributed by atoms with van der Waals surface area (Å²) in [7, 11) is 3.54. The smallest absolute Gasteiger partial charge is 0.191 e. The Hall–Kier alpha value is -1.02. The monoisotopic (exact) mass is 489 g/mol. The van der Waals surface area contributed by atoms with E-state index in [1.54, 1.807) is 7.11 Å². The van der Waals surface area contributed by atoms with Crippen molar-refractivity contribution in [3.63, 3.8) is 0 Å². The summed E-state index contributed by atoms with van der Waals surface area (Å²) in [6.07, 6.45) is 6.32. The van der Waals surface area contributed by atoms with Gasteiger partial charge in [0.2, 0.25) is 0 Å². The molecule has 1 aromatic carbocycles. The second-order valence-electron chi connectivity index (χ2n) is 7.24. The van der Waals surface area contributed by atoms with Gasteiger partial charge in [0, 0.05) is 33.4 Å². The second kappa shape index (κ2) is 12.4. The molecule has 0 radical (unpaired) electrons. The van der Waals surface area contributed by atoms with Crippen molar-refractivity contribution < 1.29 is 9.47 Å². The highest BCUT2D eigenvalue weighted by atomic mass is 127. The molecule has 1 aromatic rings. The Labute approximate surface area is 181 Å². The van der Waals surface area contributed by atoms with Gasteiger partial charge in [-0.2, -0.15) is 0 Å². The molecule has 0 saturated heterocycles. The van der Waals surface area contributed by atoms with Gasteiger partial charge < -0.3 is 20.1 Å². The number of nitrogens with one attached hydrogen (secondary N) is 2. The molecular formula is C21H36IN3O2. The van der Waals surface area contributed by atoms with Crippen LogP contribution in [0.1, 0.15) is 50.2 Å². The maximum atomic E-state index is 5.60. The summed E-state index contributed by atoms with van der Waals surface area (Å²) in [4.78, 5) is 4.38. The molecule has 1 fully saturated rings. The SMILES string of the molecule is CCOCCC1(CNC(=NC)NCc2ccc(C)c(OC)c2)CCCC1.I. The third-order valence-electron chi connectivity index (χ3n) is 5.43. The van der Waals surface area contributed by atoms with Crippen molar-refractivity contribution in [3.8, 4) is 5.75 Å². The van der Waals surface area contributed by atoms with E-state index in [0.717, 1.165) is 50.0 Å². The second-order valence-corrected chi connectivity index (χ2v) is 7.24. The molecule has 6 heteroatoms. The lowest BCUT2D eigenvalue weighted by Crippen LogP contribution is -2.43. The lowest BCUT2D eigenvalue weighted by Gasteiger charge is -2.30. The third-order valence-corrected chi connectivity index (χ3v) is 5.43. The van der Waals surface area contributed by atoms with Crippen LogP contribution in [-0.4, -0.2) is 39.9 Å². The normalized spacial score (nSPS) is 15.9. The van der Waals surface area contributed by atoms with E-state index in [1.807, 2.05) is 7.05 Å². The molecule has 2 N–H and O–H groups in total. The maximum absolute atomic E-state index is 5.60. The molecule has 0 aromatic heterocycles. The first-order chi connectivity index (χ1) is 12.6.